The van der Waals surface area contributed by atoms with E-state index in [0.717, 1.165) is 0 Å². The zero-order chi connectivity index (χ0) is 7.49. The first-order valence-electron chi connectivity index (χ1n) is 2.66. The maximum atomic E-state index is 10.7. The molecule has 0 aliphatic heterocycles. The first-order chi connectivity index (χ1) is 4.04. The molecule has 0 aliphatic carbocycles. The zero-order valence-corrected chi connectivity index (χ0v) is 5.64. The summed E-state index contributed by atoms with van der Waals surface area (Å²) < 4.78 is 0. The summed E-state index contributed by atoms with van der Waals surface area (Å²) in [7, 11) is 0. The third kappa shape index (κ3) is 1.99. The lowest BCUT2D eigenvalue weighted by atomic mass is 9.94. The van der Waals surface area contributed by atoms with Crippen molar-refractivity contribution in [3.05, 3.63) is 0 Å². The van der Waals surface area contributed by atoms with Crippen molar-refractivity contribution in [1.82, 2.24) is 5.43 Å². The van der Waals surface area contributed by atoms with Gasteiger partial charge >= 0.3 is 0 Å². The van der Waals surface area contributed by atoms with Crippen LogP contribution in [0.5, 0.6) is 0 Å². The molecule has 0 atom stereocenters. The van der Waals surface area contributed by atoms with Gasteiger partial charge in [0.2, 0.25) is 5.91 Å². The van der Waals surface area contributed by atoms with Gasteiger partial charge in [0, 0.05) is 0 Å². The lowest BCUT2D eigenvalue weighted by Crippen LogP contribution is -2.42. The monoisotopic (exact) mass is 132 g/mol. The van der Waals surface area contributed by atoms with Crippen molar-refractivity contribution in [2.24, 2.45) is 11.3 Å². The molecule has 0 fully saturated rings. The highest BCUT2D eigenvalue weighted by Crippen LogP contribution is 2.11. The molecule has 4 heteroatoms. The molecule has 0 aromatic carbocycles. The van der Waals surface area contributed by atoms with Gasteiger partial charge in [-0.1, -0.05) is 0 Å². The van der Waals surface area contributed by atoms with Gasteiger partial charge in [0.15, 0.2) is 0 Å². The third-order valence-corrected chi connectivity index (χ3v) is 1.14. The van der Waals surface area contributed by atoms with Gasteiger partial charge in [-0.15, -0.1) is 0 Å². The van der Waals surface area contributed by atoms with Crippen molar-refractivity contribution in [2.75, 3.05) is 6.61 Å². The second-order valence-corrected chi connectivity index (χ2v) is 2.52. The van der Waals surface area contributed by atoms with Crippen molar-refractivity contribution in [3.63, 3.8) is 0 Å². The lowest BCUT2D eigenvalue weighted by molar-refractivity contribution is -0.131. The van der Waals surface area contributed by atoms with Gasteiger partial charge in [0.1, 0.15) is 0 Å². The van der Waals surface area contributed by atoms with E-state index in [1.54, 1.807) is 13.8 Å². The van der Waals surface area contributed by atoms with E-state index in [-0.39, 0.29) is 12.5 Å². The Morgan fingerprint density at radius 3 is 2.33 bits per heavy atom. The second kappa shape index (κ2) is 2.80. The Morgan fingerprint density at radius 2 is 2.22 bits per heavy atom. The lowest BCUT2D eigenvalue weighted by Gasteiger charge is -2.17. The molecule has 0 unspecified atom stereocenters. The molecule has 4 nitrogen and oxygen atoms in total. The fraction of sp³-hybridized carbons (Fsp3) is 0.800. The van der Waals surface area contributed by atoms with E-state index in [4.69, 9.17) is 10.9 Å². The number of rotatable bonds is 2. The van der Waals surface area contributed by atoms with Gasteiger partial charge in [0.25, 0.3) is 0 Å². The van der Waals surface area contributed by atoms with Crippen LogP contribution in [0, 0.1) is 5.41 Å². The summed E-state index contributed by atoms with van der Waals surface area (Å²) in [6.45, 7) is 3.01. The number of amides is 1. The van der Waals surface area contributed by atoms with E-state index in [1.165, 1.54) is 0 Å². The quantitative estimate of drug-likeness (QED) is 0.256. The molecule has 0 aromatic heterocycles. The predicted molar refractivity (Wildman–Crippen MR) is 33.2 cm³/mol. The first-order valence-corrected chi connectivity index (χ1v) is 2.66. The number of nitrogens with one attached hydrogen (secondary N) is 1. The van der Waals surface area contributed by atoms with Crippen LogP contribution in [-0.4, -0.2) is 17.6 Å². The second-order valence-electron chi connectivity index (χ2n) is 2.52. The molecular formula is C5H12N2O2. The number of carbonyl (C=O) groups is 1. The van der Waals surface area contributed by atoms with Gasteiger partial charge in [-0.05, 0) is 13.8 Å². The summed E-state index contributed by atoms with van der Waals surface area (Å²) in [5.41, 5.74) is 1.19. The third-order valence-electron chi connectivity index (χ3n) is 1.14. The minimum absolute atomic E-state index is 0.198. The molecule has 0 saturated heterocycles. The molecular weight excluding hydrogens is 120 g/mol. The molecule has 1 amide bonds. The Hall–Kier alpha value is -0.610. The van der Waals surface area contributed by atoms with Gasteiger partial charge in [-0.25, -0.2) is 5.84 Å². The van der Waals surface area contributed by atoms with Crippen LogP contribution in [0.4, 0.5) is 0 Å². The Morgan fingerprint density at radius 1 is 1.78 bits per heavy atom. The van der Waals surface area contributed by atoms with Gasteiger partial charge in [-0.2, -0.15) is 0 Å². The topological polar surface area (TPSA) is 75.3 Å². The van der Waals surface area contributed by atoms with E-state index >= 15 is 0 Å². The van der Waals surface area contributed by atoms with E-state index in [2.05, 4.69) is 0 Å². The van der Waals surface area contributed by atoms with Crippen molar-refractivity contribution in [3.8, 4) is 0 Å². The van der Waals surface area contributed by atoms with Crippen LogP contribution < -0.4 is 11.3 Å². The first kappa shape index (κ1) is 8.39. The number of hydrazine groups is 1. The smallest absolute Gasteiger partial charge is 0.241 e. The van der Waals surface area contributed by atoms with Crippen LogP contribution in [0.2, 0.25) is 0 Å². The number of carbonyl (C=O) groups excluding carboxylic acids is 1. The average Bonchev–Trinajstić information content (AvgIpc) is 1.86. The van der Waals surface area contributed by atoms with Crippen molar-refractivity contribution < 1.29 is 9.90 Å². The van der Waals surface area contributed by atoms with Gasteiger partial charge in [0.05, 0.1) is 12.0 Å². The molecule has 0 heterocycles. The van der Waals surface area contributed by atoms with Crippen molar-refractivity contribution in [2.45, 2.75) is 13.8 Å². The minimum atomic E-state index is -0.769. The Balaban J connectivity index is 3.97. The standard InChI is InChI=1S/C5H12N2O2/c1-5(2,3-8)4(9)7-6/h8H,3,6H2,1-2H3,(H,7,9). The van der Waals surface area contributed by atoms with Crippen LogP contribution in [0.15, 0.2) is 0 Å². The molecule has 4 N–H and O–H groups in total. The summed E-state index contributed by atoms with van der Waals surface area (Å²) >= 11 is 0. The minimum Gasteiger partial charge on any atom is -0.395 e. The summed E-state index contributed by atoms with van der Waals surface area (Å²) in [6.07, 6.45) is 0. The predicted octanol–water partition coefficient (Wildman–Crippen LogP) is -1.01. The maximum Gasteiger partial charge on any atom is 0.241 e. The van der Waals surface area contributed by atoms with E-state index < -0.39 is 5.41 Å². The van der Waals surface area contributed by atoms with E-state index in [9.17, 15) is 4.79 Å². The molecule has 0 saturated carbocycles. The molecule has 54 valence electrons. The molecule has 0 aliphatic rings. The number of aliphatic hydroxyl groups is 1. The normalized spacial score (nSPS) is 11.1. The summed E-state index contributed by atoms with van der Waals surface area (Å²) in [5, 5.41) is 8.58. The van der Waals surface area contributed by atoms with Crippen LogP contribution in [-0.2, 0) is 4.79 Å². The summed E-state index contributed by atoms with van der Waals surface area (Å²) in [6, 6.07) is 0. The highest BCUT2D eigenvalue weighted by molar-refractivity contribution is 5.81. The fourth-order valence-corrected chi connectivity index (χ4v) is 0.267. The average molecular weight is 132 g/mol. The molecule has 9 heavy (non-hydrogen) atoms. The highest BCUT2D eigenvalue weighted by atomic mass is 16.3. The summed E-state index contributed by atoms with van der Waals surface area (Å²) in [4.78, 5) is 10.7. The molecule has 0 rings (SSSR count). The van der Waals surface area contributed by atoms with E-state index in [1.807, 2.05) is 5.43 Å². The summed E-state index contributed by atoms with van der Waals surface area (Å²) in [5.74, 6) is 4.47. The number of hydrogen-bond acceptors (Lipinski definition) is 3. The number of aliphatic hydroxyl groups excluding tert-OH is 1. The van der Waals surface area contributed by atoms with Crippen molar-refractivity contribution >= 4 is 5.91 Å². The molecule has 0 spiro atoms. The Bertz CT molecular complexity index is 112. The van der Waals surface area contributed by atoms with E-state index in [0.29, 0.717) is 0 Å². The van der Waals surface area contributed by atoms with Crippen LogP contribution in [0.1, 0.15) is 13.8 Å². The van der Waals surface area contributed by atoms with Crippen molar-refractivity contribution in [1.29, 1.82) is 0 Å². The number of nitrogens with two attached hydrogens (primary N) is 1. The zero-order valence-electron chi connectivity index (χ0n) is 5.64. The van der Waals surface area contributed by atoms with Crippen LogP contribution in [0.25, 0.3) is 0 Å². The van der Waals surface area contributed by atoms with Crippen LogP contribution in [0.3, 0.4) is 0 Å². The maximum absolute atomic E-state index is 10.7. The molecule has 0 aromatic rings. The Kier molecular flexibility index (Phi) is 2.61. The molecule has 0 bridgehead atoms. The Labute approximate surface area is 54.0 Å². The number of hydrogen-bond donors (Lipinski definition) is 3. The fourth-order valence-electron chi connectivity index (χ4n) is 0.267. The van der Waals surface area contributed by atoms with Gasteiger partial charge < -0.3 is 5.11 Å². The van der Waals surface area contributed by atoms with Crippen LogP contribution >= 0.6 is 0 Å². The van der Waals surface area contributed by atoms with Gasteiger partial charge in [-0.3, -0.25) is 10.2 Å². The highest BCUT2D eigenvalue weighted by Gasteiger charge is 2.25. The largest absolute Gasteiger partial charge is 0.395 e. The molecule has 0 radical (unpaired) electrons. The SMILES string of the molecule is CC(C)(CO)C(=O)NN.